The van der Waals surface area contributed by atoms with Gasteiger partial charge in [-0.25, -0.2) is 0 Å². The van der Waals surface area contributed by atoms with Gasteiger partial charge in [0, 0.05) is 24.9 Å². The van der Waals surface area contributed by atoms with Gasteiger partial charge in [-0.2, -0.15) is 0 Å². The minimum Gasteiger partial charge on any atom is -0.303 e. The number of nitrogens with zero attached hydrogens (tertiary/aromatic N) is 1. The molecule has 1 aliphatic rings. The molecular formula is C13H25NO. The smallest absolute Gasteiger partial charge is 0.139 e. The number of hydrogen-bond donors (Lipinski definition) is 0. The molecule has 0 aromatic rings. The number of hydrogen-bond acceptors (Lipinski definition) is 2. The molecule has 1 heterocycles. The SMILES string of the molecule is CCC1CCN(CCC(=O)C(C)(C)C)C1. The third-order valence-electron chi connectivity index (χ3n) is 3.44. The minimum atomic E-state index is -0.163. The van der Waals surface area contributed by atoms with E-state index < -0.39 is 0 Å². The van der Waals surface area contributed by atoms with Gasteiger partial charge in [-0.3, -0.25) is 4.79 Å². The largest absolute Gasteiger partial charge is 0.303 e. The van der Waals surface area contributed by atoms with E-state index in [0.717, 1.165) is 18.9 Å². The average molecular weight is 211 g/mol. The van der Waals surface area contributed by atoms with Crippen molar-refractivity contribution in [3.63, 3.8) is 0 Å². The van der Waals surface area contributed by atoms with E-state index in [1.54, 1.807) is 0 Å². The van der Waals surface area contributed by atoms with Gasteiger partial charge >= 0.3 is 0 Å². The lowest BCUT2D eigenvalue weighted by Gasteiger charge is -2.20. The fraction of sp³-hybridized carbons (Fsp3) is 0.923. The molecule has 88 valence electrons. The van der Waals surface area contributed by atoms with Gasteiger partial charge in [-0.1, -0.05) is 34.1 Å². The molecule has 1 atom stereocenters. The first-order valence-corrected chi connectivity index (χ1v) is 6.19. The second-order valence-electron chi connectivity index (χ2n) is 5.79. The van der Waals surface area contributed by atoms with Crippen molar-refractivity contribution in [1.29, 1.82) is 0 Å². The van der Waals surface area contributed by atoms with E-state index in [2.05, 4.69) is 11.8 Å². The number of ketones is 1. The van der Waals surface area contributed by atoms with E-state index in [4.69, 9.17) is 0 Å². The number of Topliss-reactive ketones (excluding diaryl/α,β-unsaturated/α-hetero) is 1. The zero-order chi connectivity index (χ0) is 11.5. The van der Waals surface area contributed by atoms with Gasteiger partial charge in [0.1, 0.15) is 5.78 Å². The average Bonchev–Trinajstić information content (AvgIpc) is 2.60. The standard InChI is InChI=1S/C13H25NO/c1-5-11-6-8-14(10-11)9-7-12(15)13(2,3)4/h11H,5-10H2,1-4H3. The predicted molar refractivity (Wildman–Crippen MR) is 63.9 cm³/mol. The van der Waals surface area contributed by atoms with Crippen molar-refractivity contribution in [2.75, 3.05) is 19.6 Å². The Labute approximate surface area is 94.0 Å². The molecule has 1 unspecified atom stereocenters. The molecule has 0 radical (unpaired) electrons. The quantitative estimate of drug-likeness (QED) is 0.712. The molecule has 0 aromatic carbocycles. The molecule has 2 heteroatoms. The summed E-state index contributed by atoms with van der Waals surface area (Å²) in [5, 5.41) is 0. The van der Waals surface area contributed by atoms with E-state index in [1.807, 2.05) is 20.8 Å². The second kappa shape index (κ2) is 5.11. The Hall–Kier alpha value is -0.370. The van der Waals surface area contributed by atoms with E-state index in [-0.39, 0.29) is 5.41 Å². The summed E-state index contributed by atoms with van der Waals surface area (Å²) in [6, 6.07) is 0. The van der Waals surface area contributed by atoms with Crippen molar-refractivity contribution in [3.05, 3.63) is 0 Å². The third kappa shape index (κ3) is 3.94. The third-order valence-corrected chi connectivity index (χ3v) is 3.44. The highest BCUT2D eigenvalue weighted by Crippen LogP contribution is 2.21. The van der Waals surface area contributed by atoms with Crippen molar-refractivity contribution in [1.82, 2.24) is 4.90 Å². The van der Waals surface area contributed by atoms with Crippen LogP contribution in [-0.4, -0.2) is 30.3 Å². The molecule has 0 aromatic heterocycles. The van der Waals surface area contributed by atoms with Crippen molar-refractivity contribution in [2.24, 2.45) is 11.3 Å². The van der Waals surface area contributed by atoms with Crippen LogP contribution in [0.3, 0.4) is 0 Å². The minimum absolute atomic E-state index is 0.163. The summed E-state index contributed by atoms with van der Waals surface area (Å²) < 4.78 is 0. The fourth-order valence-corrected chi connectivity index (χ4v) is 2.08. The van der Waals surface area contributed by atoms with Crippen LogP contribution in [-0.2, 0) is 4.79 Å². The highest BCUT2D eigenvalue weighted by Gasteiger charge is 2.24. The molecule has 1 fully saturated rings. The molecule has 0 bridgehead atoms. The lowest BCUT2D eigenvalue weighted by molar-refractivity contribution is -0.126. The van der Waals surface area contributed by atoms with Crippen molar-refractivity contribution in [3.8, 4) is 0 Å². The Kier molecular flexibility index (Phi) is 4.32. The lowest BCUT2D eigenvalue weighted by atomic mass is 9.89. The molecule has 1 rings (SSSR count). The number of likely N-dealkylation sites (tertiary alicyclic amines) is 1. The number of carbonyl (C=O) groups excluding carboxylic acids is 1. The summed E-state index contributed by atoms with van der Waals surface area (Å²) in [5.41, 5.74) is -0.163. The van der Waals surface area contributed by atoms with Gasteiger partial charge in [-0.05, 0) is 18.9 Å². The van der Waals surface area contributed by atoms with Crippen molar-refractivity contribution < 1.29 is 4.79 Å². The summed E-state index contributed by atoms with van der Waals surface area (Å²) in [6.07, 6.45) is 3.32. The summed E-state index contributed by atoms with van der Waals surface area (Å²) in [4.78, 5) is 14.2. The molecule has 0 saturated carbocycles. The monoisotopic (exact) mass is 211 g/mol. The van der Waals surface area contributed by atoms with Gasteiger partial charge in [0.15, 0.2) is 0 Å². The number of rotatable bonds is 4. The first kappa shape index (κ1) is 12.7. The normalized spacial score (nSPS) is 23.3. The van der Waals surface area contributed by atoms with Crippen molar-refractivity contribution >= 4 is 5.78 Å². The molecule has 0 spiro atoms. The molecular weight excluding hydrogens is 186 g/mol. The Morgan fingerprint density at radius 2 is 2.07 bits per heavy atom. The van der Waals surface area contributed by atoms with Crippen LogP contribution in [0.5, 0.6) is 0 Å². The van der Waals surface area contributed by atoms with Gasteiger partial charge in [0.2, 0.25) is 0 Å². The maximum Gasteiger partial charge on any atom is 0.139 e. The summed E-state index contributed by atoms with van der Waals surface area (Å²) >= 11 is 0. The molecule has 2 nitrogen and oxygen atoms in total. The maximum absolute atomic E-state index is 11.7. The summed E-state index contributed by atoms with van der Waals surface area (Å²) in [6.45, 7) is 11.6. The van der Waals surface area contributed by atoms with Crippen LogP contribution in [0.1, 0.15) is 47.0 Å². The molecule has 1 aliphatic heterocycles. The van der Waals surface area contributed by atoms with Crippen LogP contribution in [0.2, 0.25) is 0 Å². The van der Waals surface area contributed by atoms with Gasteiger partial charge in [-0.15, -0.1) is 0 Å². The van der Waals surface area contributed by atoms with Crippen LogP contribution in [0.4, 0.5) is 0 Å². The maximum atomic E-state index is 11.7. The van der Waals surface area contributed by atoms with Crippen LogP contribution in [0, 0.1) is 11.3 Å². The van der Waals surface area contributed by atoms with Crippen molar-refractivity contribution in [2.45, 2.75) is 47.0 Å². The molecule has 0 aliphatic carbocycles. The highest BCUT2D eigenvalue weighted by atomic mass is 16.1. The molecule has 15 heavy (non-hydrogen) atoms. The lowest BCUT2D eigenvalue weighted by Crippen LogP contribution is -2.28. The highest BCUT2D eigenvalue weighted by molar-refractivity contribution is 5.83. The fourth-order valence-electron chi connectivity index (χ4n) is 2.08. The summed E-state index contributed by atoms with van der Waals surface area (Å²) in [7, 11) is 0. The Balaban J connectivity index is 2.24. The summed E-state index contributed by atoms with van der Waals surface area (Å²) in [5.74, 6) is 1.26. The van der Waals surface area contributed by atoms with E-state index in [1.165, 1.54) is 25.9 Å². The Bertz CT molecular complexity index is 217. The van der Waals surface area contributed by atoms with Crippen LogP contribution < -0.4 is 0 Å². The van der Waals surface area contributed by atoms with Gasteiger partial charge < -0.3 is 4.90 Å². The first-order chi connectivity index (χ1) is 6.93. The van der Waals surface area contributed by atoms with Gasteiger partial charge in [0.25, 0.3) is 0 Å². The number of carbonyl (C=O) groups is 1. The van der Waals surface area contributed by atoms with Crippen LogP contribution in [0.25, 0.3) is 0 Å². The molecule has 1 saturated heterocycles. The van der Waals surface area contributed by atoms with Crippen LogP contribution in [0.15, 0.2) is 0 Å². The topological polar surface area (TPSA) is 20.3 Å². The zero-order valence-corrected chi connectivity index (χ0v) is 10.7. The second-order valence-corrected chi connectivity index (χ2v) is 5.79. The van der Waals surface area contributed by atoms with Gasteiger partial charge in [0.05, 0.1) is 0 Å². The van der Waals surface area contributed by atoms with Crippen LogP contribution >= 0.6 is 0 Å². The van der Waals surface area contributed by atoms with E-state index in [9.17, 15) is 4.79 Å². The van der Waals surface area contributed by atoms with E-state index >= 15 is 0 Å². The predicted octanol–water partition coefficient (Wildman–Crippen LogP) is 2.72. The molecule has 0 amide bonds. The first-order valence-electron chi connectivity index (χ1n) is 6.19. The zero-order valence-electron chi connectivity index (χ0n) is 10.7. The van der Waals surface area contributed by atoms with E-state index in [0.29, 0.717) is 5.78 Å². The Morgan fingerprint density at radius 1 is 1.40 bits per heavy atom. The molecule has 0 N–H and O–H groups in total. The Morgan fingerprint density at radius 3 is 2.53 bits per heavy atom.